The number of rotatable bonds is 8. The molecule has 1 aliphatic carbocycles. The Kier molecular flexibility index (Phi) is 7.05. The molecule has 0 saturated heterocycles. The lowest BCUT2D eigenvalue weighted by atomic mass is 9.71. The Morgan fingerprint density at radius 1 is 1.12 bits per heavy atom. The number of benzene rings is 2. The molecule has 0 atom stereocenters. The molecule has 1 saturated carbocycles. The van der Waals surface area contributed by atoms with Crippen LogP contribution in [0.2, 0.25) is 0 Å². The Hall–Kier alpha value is -2.64. The Morgan fingerprint density at radius 3 is 2.27 bits per heavy atom. The van der Waals surface area contributed by atoms with Crippen molar-refractivity contribution in [2.75, 3.05) is 11.9 Å². The molecule has 0 unspecified atom stereocenters. The third-order valence-electron chi connectivity index (χ3n) is 5.26. The van der Waals surface area contributed by atoms with Crippen LogP contribution in [0.25, 0.3) is 0 Å². The van der Waals surface area contributed by atoms with Crippen LogP contribution in [-0.4, -0.2) is 38.0 Å². The number of hydrogen-bond donors (Lipinski definition) is 3. The Balaban J connectivity index is 1.76. The highest BCUT2D eigenvalue weighted by Crippen LogP contribution is 2.41. The van der Waals surface area contributed by atoms with E-state index >= 15 is 0 Å². The largest absolute Gasteiger partial charge is 0.384 e. The van der Waals surface area contributed by atoms with Gasteiger partial charge in [-0.25, -0.2) is 39.5 Å². The standard InChI is InChI=1S/C20H18F6N2O4S/c21-8-12-2-1-11(18(29)28-13-4-14(22)17(24)15(23)5-13)3-16(12)33(31,32)27-9-10-6-20(30,7-10)19(25)26/h1-5,10,19,27,30H,6-9H2,(H,28,29). The Morgan fingerprint density at radius 2 is 1.73 bits per heavy atom. The number of alkyl halides is 3. The number of aliphatic hydroxyl groups is 1. The highest BCUT2D eigenvalue weighted by Gasteiger charge is 2.49. The molecule has 0 spiro atoms. The van der Waals surface area contributed by atoms with E-state index in [1.165, 1.54) is 0 Å². The summed E-state index contributed by atoms with van der Waals surface area (Å²) >= 11 is 0. The van der Waals surface area contributed by atoms with Gasteiger partial charge in [0.25, 0.3) is 12.3 Å². The molecule has 2 aromatic carbocycles. The van der Waals surface area contributed by atoms with Gasteiger partial charge in [-0.1, -0.05) is 6.07 Å². The van der Waals surface area contributed by atoms with E-state index in [0.29, 0.717) is 12.1 Å². The summed E-state index contributed by atoms with van der Waals surface area (Å²) in [6, 6.07) is 3.97. The van der Waals surface area contributed by atoms with E-state index in [9.17, 15) is 44.7 Å². The molecule has 0 aliphatic heterocycles. The van der Waals surface area contributed by atoms with Crippen LogP contribution >= 0.6 is 0 Å². The lowest BCUT2D eigenvalue weighted by Crippen LogP contribution is -2.52. The molecule has 33 heavy (non-hydrogen) atoms. The van der Waals surface area contributed by atoms with Crippen LogP contribution < -0.4 is 10.0 Å². The number of carbonyl (C=O) groups is 1. The first-order chi connectivity index (χ1) is 15.4. The average molecular weight is 496 g/mol. The molecule has 180 valence electrons. The van der Waals surface area contributed by atoms with Gasteiger partial charge >= 0.3 is 0 Å². The van der Waals surface area contributed by atoms with E-state index in [2.05, 4.69) is 10.0 Å². The predicted octanol–water partition coefficient (Wildman–Crippen LogP) is 3.51. The SMILES string of the molecule is O=C(Nc1cc(F)c(F)c(F)c1)c1ccc(CF)c(S(=O)(=O)NCC2CC(O)(C(F)F)C2)c1. The second kappa shape index (κ2) is 9.31. The van der Waals surface area contributed by atoms with Gasteiger partial charge in [0.05, 0.1) is 4.90 Å². The summed E-state index contributed by atoms with van der Waals surface area (Å²) in [6.45, 7) is -1.51. The number of carbonyl (C=O) groups excluding carboxylic acids is 1. The van der Waals surface area contributed by atoms with E-state index < -0.39 is 68.6 Å². The van der Waals surface area contributed by atoms with Crippen molar-refractivity contribution in [3.63, 3.8) is 0 Å². The molecule has 13 heteroatoms. The van der Waals surface area contributed by atoms with Crippen molar-refractivity contribution in [2.24, 2.45) is 5.92 Å². The zero-order valence-corrected chi connectivity index (χ0v) is 17.5. The molecule has 0 aromatic heterocycles. The van der Waals surface area contributed by atoms with E-state index in [-0.39, 0.29) is 30.5 Å². The third kappa shape index (κ3) is 5.31. The molecule has 1 fully saturated rings. The monoisotopic (exact) mass is 496 g/mol. The maximum Gasteiger partial charge on any atom is 0.266 e. The molecule has 0 heterocycles. The van der Waals surface area contributed by atoms with E-state index in [0.717, 1.165) is 18.2 Å². The minimum atomic E-state index is -4.39. The second-order valence-corrected chi connectivity index (χ2v) is 9.43. The highest BCUT2D eigenvalue weighted by molar-refractivity contribution is 7.89. The van der Waals surface area contributed by atoms with Crippen molar-refractivity contribution in [3.05, 3.63) is 58.9 Å². The number of hydrogen-bond acceptors (Lipinski definition) is 4. The lowest BCUT2D eigenvalue weighted by molar-refractivity contribution is -0.166. The summed E-state index contributed by atoms with van der Waals surface area (Å²) in [7, 11) is -4.39. The van der Waals surface area contributed by atoms with Crippen LogP contribution in [0, 0.1) is 23.4 Å². The number of halogens is 6. The second-order valence-electron chi connectivity index (χ2n) is 7.69. The van der Waals surface area contributed by atoms with Gasteiger partial charge in [0.1, 0.15) is 12.3 Å². The maximum atomic E-state index is 13.4. The van der Waals surface area contributed by atoms with Gasteiger partial charge in [-0.2, -0.15) is 0 Å². The highest BCUT2D eigenvalue weighted by atomic mass is 32.2. The topological polar surface area (TPSA) is 95.5 Å². The van der Waals surface area contributed by atoms with Crippen molar-refractivity contribution < 1.29 is 44.7 Å². The number of amides is 1. The predicted molar refractivity (Wildman–Crippen MR) is 104 cm³/mol. The molecular weight excluding hydrogens is 478 g/mol. The lowest BCUT2D eigenvalue weighted by Gasteiger charge is -2.42. The van der Waals surface area contributed by atoms with Gasteiger partial charge in [0.15, 0.2) is 17.5 Å². The van der Waals surface area contributed by atoms with Gasteiger partial charge in [0, 0.05) is 35.5 Å². The summed E-state index contributed by atoms with van der Waals surface area (Å²) in [5.41, 5.74) is -3.22. The number of anilines is 1. The summed E-state index contributed by atoms with van der Waals surface area (Å²) in [5, 5.41) is 11.6. The minimum Gasteiger partial charge on any atom is -0.384 e. The molecule has 0 radical (unpaired) electrons. The van der Waals surface area contributed by atoms with Crippen LogP contribution in [0.4, 0.5) is 32.0 Å². The molecule has 1 amide bonds. The first kappa shape index (κ1) is 25.0. The first-order valence-corrected chi connectivity index (χ1v) is 11.0. The first-order valence-electron chi connectivity index (χ1n) is 9.51. The Labute approximate surface area is 184 Å². The molecule has 2 aromatic rings. The summed E-state index contributed by atoms with van der Waals surface area (Å²) in [5.74, 6) is -6.43. The van der Waals surface area contributed by atoms with Crippen molar-refractivity contribution in [2.45, 2.75) is 36.4 Å². The van der Waals surface area contributed by atoms with Gasteiger partial charge in [-0.3, -0.25) is 4.79 Å². The molecular formula is C20H18F6N2O4S. The minimum absolute atomic E-state index is 0.296. The summed E-state index contributed by atoms with van der Waals surface area (Å²) in [4.78, 5) is 11.8. The number of nitrogens with one attached hydrogen (secondary N) is 2. The zero-order chi connectivity index (χ0) is 24.6. The normalized spacial score (nSPS) is 20.5. The van der Waals surface area contributed by atoms with Crippen LogP contribution in [0.1, 0.15) is 28.8 Å². The molecule has 6 nitrogen and oxygen atoms in total. The zero-order valence-electron chi connectivity index (χ0n) is 16.7. The van der Waals surface area contributed by atoms with Crippen LogP contribution in [0.3, 0.4) is 0 Å². The van der Waals surface area contributed by atoms with Crippen LogP contribution in [0.5, 0.6) is 0 Å². The van der Waals surface area contributed by atoms with Crippen LogP contribution in [0.15, 0.2) is 35.2 Å². The van der Waals surface area contributed by atoms with Gasteiger partial charge in [-0.15, -0.1) is 0 Å². The fraction of sp³-hybridized carbons (Fsp3) is 0.350. The van der Waals surface area contributed by atoms with E-state index in [1.54, 1.807) is 0 Å². The van der Waals surface area contributed by atoms with E-state index in [4.69, 9.17) is 0 Å². The maximum absolute atomic E-state index is 13.4. The molecule has 0 bridgehead atoms. The summed E-state index contributed by atoms with van der Waals surface area (Å²) in [6.07, 6.45) is -3.62. The quantitative estimate of drug-likeness (QED) is 0.385. The molecule has 3 rings (SSSR count). The third-order valence-corrected chi connectivity index (χ3v) is 6.76. The van der Waals surface area contributed by atoms with E-state index in [1.807, 2.05) is 0 Å². The molecule has 3 N–H and O–H groups in total. The van der Waals surface area contributed by atoms with Crippen LogP contribution in [-0.2, 0) is 16.7 Å². The Bertz CT molecular complexity index is 1150. The fourth-order valence-corrected chi connectivity index (χ4v) is 4.82. The van der Waals surface area contributed by atoms with Crippen molar-refractivity contribution in [3.8, 4) is 0 Å². The van der Waals surface area contributed by atoms with Gasteiger partial charge in [-0.05, 0) is 30.9 Å². The average Bonchev–Trinajstić information content (AvgIpc) is 2.73. The fourth-order valence-electron chi connectivity index (χ4n) is 3.46. The van der Waals surface area contributed by atoms with Gasteiger partial charge < -0.3 is 10.4 Å². The summed E-state index contributed by atoms with van der Waals surface area (Å²) < 4.78 is 106. The van der Waals surface area contributed by atoms with Gasteiger partial charge in [0.2, 0.25) is 10.0 Å². The smallest absolute Gasteiger partial charge is 0.266 e. The van der Waals surface area contributed by atoms with Crippen molar-refractivity contribution in [1.82, 2.24) is 4.72 Å². The molecule has 1 aliphatic rings. The number of sulfonamides is 1. The van der Waals surface area contributed by atoms with Crippen molar-refractivity contribution in [1.29, 1.82) is 0 Å². The van der Waals surface area contributed by atoms with Crippen molar-refractivity contribution >= 4 is 21.6 Å².